The number of fused-ring (bicyclic) bond motifs is 3. The second-order valence-corrected chi connectivity index (χ2v) is 12.2. The molecule has 15 heteroatoms. The van der Waals surface area contributed by atoms with Crippen LogP contribution in [0.2, 0.25) is 5.02 Å². The van der Waals surface area contributed by atoms with Gasteiger partial charge in [0.1, 0.15) is 18.0 Å². The number of sulfonamides is 1. The van der Waals surface area contributed by atoms with E-state index in [-0.39, 0.29) is 30.4 Å². The van der Waals surface area contributed by atoms with E-state index >= 15 is 0 Å². The zero-order chi connectivity index (χ0) is 30.0. The van der Waals surface area contributed by atoms with Crippen molar-refractivity contribution in [2.24, 2.45) is 0 Å². The molecule has 0 radical (unpaired) electrons. The van der Waals surface area contributed by atoms with Gasteiger partial charge in [-0.2, -0.15) is 5.26 Å². The highest BCUT2D eigenvalue weighted by Gasteiger charge is 2.37. The van der Waals surface area contributed by atoms with Crippen LogP contribution in [0, 0.1) is 11.3 Å². The second-order valence-electron chi connectivity index (χ2n) is 9.70. The lowest BCUT2D eigenvalue weighted by atomic mass is 10.0. The van der Waals surface area contributed by atoms with Crippen LogP contribution in [0.5, 0.6) is 11.6 Å². The van der Waals surface area contributed by atoms with E-state index in [4.69, 9.17) is 25.8 Å². The minimum atomic E-state index is -4.18. The van der Waals surface area contributed by atoms with E-state index in [1.165, 1.54) is 32.6 Å². The van der Waals surface area contributed by atoms with Crippen LogP contribution >= 0.6 is 11.6 Å². The fourth-order valence-electron chi connectivity index (χ4n) is 4.55. The van der Waals surface area contributed by atoms with Crippen LogP contribution in [0.15, 0.2) is 48.9 Å². The van der Waals surface area contributed by atoms with E-state index in [1.54, 1.807) is 42.7 Å². The fraction of sp³-hybridized carbons (Fsp3) is 0.333. The van der Waals surface area contributed by atoms with Gasteiger partial charge in [-0.15, -0.1) is 10.2 Å². The van der Waals surface area contributed by atoms with Crippen LogP contribution in [-0.4, -0.2) is 63.2 Å². The van der Waals surface area contributed by atoms with Crippen molar-refractivity contribution in [2.75, 3.05) is 18.4 Å². The molecule has 2 unspecified atom stereocenters. The molecule has 0 spiro atoms. The second kappa shape index (κ2) is 11.9. The third kappa shape index (κ3) is 5.71. The summed E-state index contributed by atoms with van der Waals surface area (Å²) in [6.07, 6.45) is 2.94. The molecule has 3 aromatic heterocycles. The molecule has 3 atom stereocenters. The first-order valence-electron chi connectivity index (χ1n) is 12.9. The molecule has 0 fully saturated rings. The van der Waals surface area contributed by atoms with Crippen molar-refractivity contribution in [3.8, 4) is 29.1 Å². The van der Waals surface area contributed by atoms with Gasteiger partial charge in [0.05, 0.1) is 41.5 Å². The number of nitriles is 1. The zero-order valence-corrected chi connectivity index (χ0v) is 24.7. The molecule has 0 saturated heterocycles. The summed E-state index contributed by atoms with van der Waals surface area (Å²) < 4.78 is 49.5. The summed E-state index contributed by atoms with van der Waals surface area (Å²) in [6, 6.07) is 10.1. The minimum Gasteiger partial charge on any atom is -0.485 e. The van der Waals surface area contributed by atoms with Crippen molar-refractivity contribution in [3.63, 3.8) is 0 Å². The molecular weight excluding hydrogens is 584 g/mol. The molecule has 13 nitrogen and oxygen atoms in total. The van der Waals surface area contributed by atoms with Gasteiger partial charge >= 0.3 is 0 Å². The standard InChI is InChI=1S/C27H27ClN8O5S/c1-15(2)41-22(24-31-12-19(28)13-32-24)16(3)42(37,38)35-27-34-33-25-20-8-9-30-26(39-4)23(20)40-14-21(36(25)27)18-7-5-6-17(10-18)11-29/h5-10,12-13,15-16,21-22H,14H2,1-4H3,(H,34,35)/t16?,21-,22?/m0/s1. The fourth-order valence-corrected chi connectivity index (χ4v) is 5.74. The number of hydrogen-bond acceptors (Lipinski definition) is 11. The van der Waals surface area contributed by atoms with Gasteiger partial charge in [0, 0.05) is 18.6 Å². The molecule has 0 amide bonds. The largest absolute Gasteiger partial charge is 0.485 e. The van der Waals surface area contributed by atoms with Gasteiger partial charge in [0.2, 0.25) is 16.0 Å². The maximum atomic E-state index is 13.9. The molecule has 0 bridgehead atoms. The van der Waals surface area contributed by atoms with Crippen molar-refractivity contribution in [3.05, 3.63) is 70.9 Å². The van der Waals surface area contributed by atoms with Gasteiger partial charge in [-0.1, -0.05) is 23.7 Å². The van der Waals surface area contributed by atoms with Crippen molar-refractivity contribution >= 4 is 27.6 Å². The van der Waals surface area contributed by atoms with Crippen LogP contribution in [0.3, 0.4) is 0 Å². The first-order chi connectivity index (χ1) is 20.1. The number of benzene rings is 1. The number of nitrogens with one attached hydrogen (secondary N) is 1. The summed E-state index contributed by atoms with van der Waals surface area (Å²) >= 11 is 5.95. The maximum absolute atomic E-state index is 13.9. The zero-order valence-electron chi connectivity index (χ0n) is 23.1. The Bertz CT molecular complexity index is 1740. The highest BCUT2D eigenvalue weighted by Crippen LogP contribution is 2.42. The van der Waals surface area contributed by atoms with Crippen molar-refractivity contribution in [1.82, 2.24) is 29.7 Å². The first kappa shape index (κ1) is 29.2. The number of ether oxygens (including phenoxy) is 3. The summed E-state index contributed by atoms with van der Waals surface area (Å²) in [4.78, 5) is 12.6. The number of halogens is 1. The van der Waals surface area contributed by atoms with Gasteiger partial charge in [-0.25, -0.2) is 23.4 Å². The maximum Gasteiger partial charge on any atom is 0.257 e. The number of rotatable bonds is 9. The smallest absolute Gasteiger partial charge is 0.257 e. The monoisotopic (exact) mass is 610 g/mol. The van der Waals surface area contributed by atoms with Crippen LogP contribution in [0.4, 0.5) is 5.95 Å². The van der Waals surface area contributed by atoms with Crippen LogP contribution in [0.1, 0.15) is 49.9 Å². The van der Waals surface area contributed by atoms with E-state index in [2.05, 4.69) is 35.9 Å². The molecule has 1 aliphatic heterocycles. The molecule has 0 aliphatic carbocycles. The van der Waals surface area contributed by atoms with Gasteiger partial charge < -0.3 is 14.2 Å². The molecule has 218 valence electrons. The predicted molar refractivity (Wildman–Crippen MR) is 153 cm³/mol. The number of anilines is 1. The van der Waals surface area contributed by atoms with E-state index < -0.39 is 27.4 Å². The molecule has 4 heterocycles. The lowest BCUT2D eigenvalue weighted by Crippen LogP contribution is -2.35. The third-order valence-corrected chi connectivity index (χ3v) is 8.45. The summed E-state index contributed by atoms with van der Waals surface area (Å²) in [5.74, 6) is 0.995. The average Bonchev–Trinajstić information content (AvgIpc) is 3.29. The van der Waals surface area contributed by atoms with Gasteiger partial charge in [-0.05, 0) is 44.5 Å². The van der Waals surface area contributed by atoms with Gasteiger partial charge in [-0.3, -0.25) is 9.29 Å². The summed E-state index contributed by atoms with van der Waals surface area (Å²) in [5, 5.41) is 17.2. The Morgan fingerprint density at radius 2 is 1.93 bits per heavy atom. The molecule has 4 aromatic rings. The number of hydrogen-bond donors (Lipinski definition) is 1. The molecular formula is C27H27ClN8O5S. The quantitative estimate of drug-likeness (QED) is 0.291. The highest BCUT2D eigenvalue weighted by molar-refractivity contribution is 7.93. The van der Waals surface area contributed by atoms with Crippen molar-refractivity contribution in [2.45, 2.75) is 44.3 Å². The number of pyridine rings is 1. The van der Waals surface area contributed by atoms with E-state index in [0.717, 1.165) is 0 Å². The third-order valence-electron chi connectivity index (χ3n) is 6.56. The van der Waals surface area contributed by atoms with Crippen LogP contribution < -0.4 is 14.2 Å². The molecule has 1 aromatic carbocycles. The summed E-state index contributed by atoms with van der Waals surface area (Å²) in [5.41, 5.74) is 1.61. The van der Waals surface area contributed by atoms with Crippen molar-refractivity contribution in [1.29, 1.82) is 5.26 Å². The first-order valence-corrected chi connectivity index (χ1v) is 14.8. The Hall–Kier alpha value is -4.32. The van der Waals surface area contributed by atoms with Gasteiger partial charge in [0.15, 0.2) is 17.4 Å². The lowest BCUT2D eigenvalue weighted by Gasteiger charge is -2.26. The average molecular weight is 611 g/mol. The minimum absolute atomic E-state index is 0.0386. The molecule has 0 saturated carbocycles. The highest BCUT2D eigenvalue weighted by atomic mass is 35.5. The Labute approximate surface area is 247 Å². The van der Waals surface area contributed by atoms with Crippen LogP contribution in [-0.2, 0) is 14.8 Å². The Morgan fingerprint density at radius 3 is 2.62 bits per heavy atom. The number of methoxy groups -OCH3 is 1. The van der Waals surface area contributed by atoms with E-state index in [9.17, 15) is 13.7 Å². The Kier molecular flexibility index (Phi) is 8.26. The van der Waals surface area contributed by atoms with Crippen LogP contribution in [0.25, 0.3) is 11.4 Å². The predicted octanol–water partition coefficient (Wildman–Crippen LogP) is 3.94. The normalized spacial score (nSPS) is 15.9. The topological polar surface area (TPSA) is 167 Å². The lowest BCUT2D eigenvalue weighted by molar-refractivity contribution is 0.00154. The van der Waals surface area contributed by atoms with Crippen molar-refractivity contribution < 1.29 is 22.6 Å². The van der Waals surface area contributed by atoms with E-state index in [1.807, 2.05) is 6.07 Å². The Balaban J connectivity index is 1.60. The molecule has 5 rings (SSSR count). The molecule has 1 N–H and O–H groups in total. The summed E-state index contributed by atoms with van der Waals surface area (Å²) in [6.45, 7) is 5.11. The summed E-state index contributed by atoms with van der Waals surface area (Å²) in [7, 11) is -2.71. The molecule has 1 aliphatic rings. The van der Waals surface area contributed by atoms with Gasteiger partial charge in [0.25, 0.3) is 5.88 Å². The number of nitrogens with zero attached hydrogens (tertiary/aromatic N) is 7. The van der Waals surface area contributed by atoms with E-state index in [0.29, 0.717) is 33.3 Å². The SMILES string of the molecule is COc1nccc2c1OC[C@@H](c1cccc(C#N)c1)n1c(NS(=O)(=O)C(C)C(OC(C)C)c3ncc(Cl)cn3)nnc1-2. The molecule has 42 heavy (non-hydrogen) atoms. The Morgan fingerprint density at radius 1 is 1.17 bits per heavy atom. The number of aromatic nitrogens is 6.